The summed E-state index contributed by atoms with van der Waals surface area (Å²) in [6.07, 6.45) is 4.34. The fourth-order valence-corrected chi connectivity index (χ4v) is 1.73. The Balaban J connectivity index is 2.41. The van der Waals surface area contributed by atoms with Crippen molar-refractivity contribution in [2.24, 2.45) is 0 Å². The molecule has 3 aliphatic rings. The lowest BCUT2D eigenvalue weighted by Crippen LogP contribution is -1.81. The highest BCUT2D eigenvalue weighted by atomic mass is 14.2. The second kappa shape index (κ2) is 1.98. The average Bonchev–Trinajstić information content (AvgIpc) is 2.27. The minimum absolute atomic E-state index is 1.34. The van der Waals surface area contributed by atoms with E-state index in [9.17, 15) is 0 Å². The van der Waals surface area contributed by atoms with E-state index in [1.807, 2.05) is 0 Å². The lowest BCUT2D eigenvalue weighted by molar-refractivity contribution is 1.72. The molecular weight excluding hydrogens is 144 g/mol. The fourth-order valence-electron chi connectivity index (χ4n) is 1.73. The van der Waals surface area contributed by atoms with Crippen molar-refractivity contribution in [2.45, 2.75) is 0 Å². The van der Waals surface area contributed by atoms with Crippen molar-refractivity contribution in [3.05, 3.63) is 47.5 Å². The Morgan fingerprint density at radius 2 is 1.75 bits per heavy atom. The molecule has 0 saturated carbocycles. The van der Waals surface area contributed by atoms with E-state index < -0.39 is 0 Å². The molecule has 0 aliphatic heterocycles. The molecule has 0 aromatic heterocycles. The van der Waals surface area contributed by atoms with E-state index in [2.05, 4.69) is 48.6 Å². The van der Waals surface area contributed by atoms with Crippen LogP contribution in [0.3, 0.4) is 0 Å². The third-order valence-electron chi connectivity index (χ3n) is 2.41. The van der Waals surface area contributed by atoms with Crippen molar-refractivity contribution < 1.29 is 0 Å². The Labute approximate surface area is 71.5 Å². The predicted molar refractivity (Wildman–Crippen MR) is 52.0 cm³/mol. The highest BCUT2D eigenvalue weighted by Gasteiger charge is 2.15. The van der Waals surface area contributed by atoms with Gasteiger partial charge in [0.1, 0.15) is 0 Å². The molecule has 0 saturated heterocycles. The molecule has 12 heavy (non-hydrogen) atoms. The Bertz CT molecular complexity index is 438. The Hall–Kier alpha value is -1.56. The monoisotopic (exact) mass is 152 g/mol. The maximum Gasteiger partial charge on any atom is -0.0105 e. The molecule has 3 aliphatic carbocycles. The predicted octanol–water partition coefficient (Wildman–Crippen LogP) is 3.28. The van der Waals surface area contributed by atoms with Crippen molar-refractivity contribution in [3.63, 3.8) is 0 Å². The summed E-state index contributed by atoms with van der Waals surface area (Å²) in [5.74, 6) is 0. The average molecular weight is 152 g/mol. The highest BCUT2D eigenvalue weighted by molar-refractivity contribution is 5.97. The fraction of sp³-hybridized carbons (Fsp3) is 0. The first-order valence-electron chi connectivity index (χ1n) is 4.15. The van der Waals surface area contributed by atoms with Crippen LogP contribution >= 0.6 is 0 Å². The molecule has 0 radical (unpaired) electrons. The van der Waals surface area contributed by atoms with Crippen LogP contribution in [0, 0.1) is 0 Å². The Morgan fingerprint density at radius 3 is 2.58 bits per heavy atom. The molecule has 0 bridgehead atoms. The molecule has 0 unspecified atom stereocenters. The third kappa shape index (κ3) is 0.620. The zero-order valence-corrected chi connectivity index (χ0v) is 6.62. The van der Waals surface area contributed by atoms with Gasteiger partial charge in [0.2, 0.25) is 0 Å². The summed E-state index contributed by atoms with van der Waals surface area (Å²) in [5.41, 5.74) is 5.50. The number of fused-ring (bicyclic) bond motifs is 3. The van der Waals surface area contributed by atoms with Gasteiger partial charge in [0, 0.05) is 0 Å². The van der Waals surface area contributed by atoms with E-state index in [-0.39, 0.29) is 0 Å². The number of hydrogen-bond donors (Lipinski definition) is 0. The highest BCUT2D eigenvalue weighted by Crippen LogP contribution is 2.38. The lowest BCUT2D eigenvalue weighted by Gasteiger charge is -2.03. The first-order valence-corrected chi connectivity index (χ1v) is 4.15. The zero-order valence-electron chi connectivity index (χ0n) is 6.62. The van der Waals surface area contributed by atoms with Crippen molar-refractivity contribution in [1.82, 2.24) is 0 Å². The normalized spacial score (nSPS) is 12.7. The van der Waals surface area contributed by atoms with Crippen LogP contribution in [-0.2, 0) is 0 Å². The molecule has 0 spiro atoms. The van der Waals surface area contributed by atoms with E-state index in [4.69, 9.17) is 0 Å². The summed E-state index contributed by atoms with van der Waals surface area (Å²) in [6, 6.07) is 12.8. The van der Waals surface area contributed by atoms with Crippen LogP contribution < -0.4 is 0 Å². The summed E-state index contributed by atoms with van der Waals surface area (Å²) in [7, 11) is 0. The lowest BCUT2D eigenvalue weighted by atomic mass is 10.0. The van der Waals surface area contributed by atoms with Crippen molar-refractivity contribution in [3.8, 4) is 11.1 Å². The Morgan fingerprint density at radius 1 is 0.833 bits per heavy atom. The van der Waals surface area contributed by atoms with Gasteiger partial charge in [-0.3, -0.25) is 0 Å². The van der Waals surface area contributed by atoms with Crippen molar-refractivity contribution >= 4 is 12.2 Å². The van der Waals surface area contributed by atoms with E-state index in [0.717, 1.165) is 0 Å². The Kier molecular flexibility index (Phi) is 0.991. The van der Waals surface area contributed by atoms with Gasteiger partial charge in [-0.05, 0) is 28.3 Å². The summed E-state index contributed by atoms with van der Waals surface area (Å²) in [4.78, 5) is 0. The van der Waals surface area contributed by atoms with E-state index >= 15 is 0 Å². The molecule has 0 heterocycles. The standard InChI is InChI=1S/C12H8/c1-2-4-9-8-10-6-7-12(10)11(9)5-3-1/h1-8H. The molecular formula is C12H8. The van der Waals surface area contributed by atoms with Gasteiger partial charge in [-0.1, -0.05) is 42.5 Å². The number of hydrogen-bond acceptors (Lipinski definition) is 0. The minimum Gasteiger partial charge on any atom is -0.0622 e. The van der Waals surface area contributed by atoms with Crippen LogP contribution in [0.5, 0.6) is 0 Å². The molecule has 0 atom stereocenters. The first-order chi connectivity index (χ1) is 5.95. The zero-order chi connectivity index (χ0) is 7.97. The topological polar surface area (TPSA) is 0 Å². The largest absolute Gasteiger partial charge is 0.0622 e. The van der Waals surface area contributed by atoms with Crippen LogP contribution in [0.15, 0.2) is 36.4 Å². The summed E-state index contributed by atoms with van der Waals surface area (Å²) < 4.78 is 0. The summed E-state index contributed by atoms with van der Waals surface area (Å²) in [6.45, 7) is 0. The van der Waals surface area contributed by atoms with Gasteiger partial charge in [0.25, 0.3) is 0 Å². The third-order valence-corrected chi connectivity index (χ3v) is 2.41. The van der Waals surface area contributed by atoms with E-state index in [1.165, 1.54) is 22.3 Å². The molecule has 0 amide bonds. The SMILES string of the molecule is C1=Cc2c1cc1cccccc2-1. The van der Waals surface area contributed by atoms with E-state index in [0.29, 0.717) is 0 Å². The van der Waals surface area contributed by atoms with Crippen LogP contribution in [-0.4, -0.2) is 0 Å². The maximum atomic E-state index is 2.24. The molecule has 3 rings (SSSR count). The van der Waals surface area contributed by atoms with Gasteiger partial charge in [0.15, 0.2) is 0 Å². The maximum absolute atomic E-state index is 2.24. The van der Waals surface area contributed by atoms with Gasteiger partial charge < -0.3 is 0 Å². The summed E-state index contributed by atoms with van der Waals surface area (Å²) >= 11 is 0. The van der Waals surface area contributed by atoms with E-state index in [1.54, 1.807) is 0 Å². The molecule has 0 aromatic rings. The summed E-state index contributed by atoms with van der Waals surface area (Å²) in [5, 5.41) is 0. The van der Waals surface area contributed by atoms with Gasteiger partial charge in [-0.25, -0.2) is 0 Å². The molecule has 0 nitrogen and oxygen atoms in total. The van der Waals surface area contributed by atoms with Gasteiger partial charge in [0.05, 0.1) is 0 Å². The molecule has 0 aromatic carbocycles. The van der Waals surface area contributed by atoms with Crippen LogP contribution in [0.4, 0.5) is 0 Å². The van der Waals surface area contributed by atoms with Gasteiger partial charge in [-0.15, -0.1) is 0 Å². The van der Waals surface area contributed by atoms with Crippen LogP contribution in [0.25, 0.3) is 23.3 Å². The minimum atomic E-state index is 1.34. The second-order valence-electron chi connectivity index (χ2n) is 3.13. The van der Waals surface area contributed by atoms with Crippen molar-refractivity contribution in [2.75, 3.05) is 0 Å². The van der Waals surface area contributed by atoms with Crippen LogP contribution in [0.2, 0.25) is 0 Å². The smallest absolute Gasteiger partial charge is 0.0105 e. The molecule has 56 valence electrons. The van der Waals surface area contributed by atoms with Crippen LogP contribution in [0.1, 0.15) is 11.1 Å². The van der Waals surface area contributed by atoms with Gasteiger partial charge in [-0.2, -0.15) is 0 Å². The number of rotatable bonds is 0. The molecule has 0 fully saturated rings. The van der Waals surface area contributed by atoms with Gasteiger partial charge >= 0.3 is 0 Å². The molecule has 0 N–H and O–H groups in total. The quantitative estimate of drug-likeness (QED) is 0.463. The first kappa shape index (κ1) is 6.01. The molecule has 0 heteroatoms. The van der Waals surface area contributed by atoms with Crippen molar-refractivity contribution in [1.29, 1.82) is 0 Å². The second-order valence-corrected chi connectivity index (χ2v) is 3.13.